The largest absolute Gasteiger partial charge is 0.388 e. The van der Waals surface area contributed by atoms with Crippen molar-refractivity contribution in [1.82, 2.24) is 0 Å². The Morgan fingerprint density at radius 1 is 1.00 bits per heavy atom. The fourth-order valence-electron chi connectivity index (χ4n) is 1.51. The van der Waals surface area contributed by atoms with Crippen molar-refractivity contribution in [3.8, 4) is 0 Å². The van der Waals surface area contributed by atoms with Crippen LogP contribution in [0.2, 0.25) is 0 Å². The fourth-order valence-corrected chi connectivity index (χ4v) is 1.51. The lowest BCUT2D eigenvalue weighted by atomic mass is 10.3. The molecule has 0 radical (unpaired) electrons. The van der Waals surface area contributed by atoms with E-state index >= 15 is 0 Å². The third-order valence-corrected chi connectivity index (χ3v) is 1.52. The number of hydrogen-bond donors (Lipinski definition) is 2. The lowest BCUT2D eigenvalue weighted by Gasteiger charge is -2.31. The van der Waals surface area contributed by atoms with Crippen molar-refractivity contribution in [2.75, 3.05) is 27.2 Å². The van der Waals surface area contributed by atoms with Crippen LogP contribution in [0.5, 0.6) is 0 Å². The minimum absolute atomic E-state index is 0.302. The second kappa shape index (κ2) is 4.04. The zero-order valence-electron chi connectivity index (χ0n) is 7.91. The summed E-state index contributed by atoms with van der Waals surface area (Å²) >= 11 is 0. The van der Waals surface area contributed by atoms with Gasteiger partial charge in [-0.1, -0.05) is 0 Å². The van der Waals surface area contributed by atoms with Crippen LogP contribution in [-0.4, -0.2) is 54.1 Å². The van der Waals surface area contributed by atoms with E-state index in [1.165, 1.54) is 0 Å². The molecule has 11 heavy (non-hydrogen) atoms. The topological polar surface area (TPSA) is 40.5 Å². The predicted octanol–water partition coefficient (Wildman–Crippen LogP) is -0.176. The van der Waals surface area contributed by atoms with Gasteiger partial charge in [0.25, 0.3) is 0 Å². The summed E-state index contributed by atoms with van der Waals surface area (Å²) in [5.74, 6) is 0. The maximum absolute atomic E-state index is 9.10. The first-order valence-corrected chi connectivity index (χ1v) is 4.01. The summed E-state index contributed by atoms with van der Waals surface area (Å²) < 4.78 is 0.662. The normalized spacial score (nSPS) is 18.0. The maximum Gasteiger partial charge on any atom is 0.104 e. The molecule has 0 aromatic heterocycles. The van der Waals surface area contributed by atoms with Gasteiger partial charge in [0.05, 0.1) is 14.1 Å². The van der Waals surface area contributed by atoms with Crippen molar-refractivity contribution < 1.29 is 14.7 Å². The van der Waals surface area contributed by atoms with Crippen molar-refractivity contribution in [1.29, 1.82) is 0 Å². The molecule has 0 aliphatic heterocycles. The number of nitrogens with zero attached hydrogens (tertiary/aromatic N) is 1. The highest BCUT2D eigenvalue weighted by molar-refractivity contribution is 4.47. The van der Waals surface area contributed by atoms with Crippen LogP contribution in [0.1, 0.15) is 13.8 Å². The molecule has 2 N–H and O–H groups in total. The first-order valence-electron chi connectivity index (χ1n) is 4.01. The maximum atomic E-state index is 9.10. The Balaban J connectivity index is 3.79. The molecule has 68 valence electrons. The molecule has 0 rings (SSSR count). The molecular formula is C8H20NO2+. The molecule has 0 saturated heterocycles. The van der Waals surface area contributed by atoms with Crippen LogP contribution in [0, 0.1) is 0 Å². The van der Waals surface area contributed by atoms with E-state index in [1.807, 2.05) is 14.1 Å². The Hall–Kier alpha value is -0.120. The first kappa shape index (κ1) is 10.9. The summed E-state index contributed by atoms with van der Waals surface area (Å²) in [5.41, 5.74) is 0. The molecule has 0 aromatic rings. The van der Waals surface area contributed by atoms with Crippen LogP contribution in [0.3, 0.4) is 0 Å². The fraction of sp³-hybridized carbons (Fsp3) is 1.00. The molecule has 0 amide bonds. The molecule has 0 heterocycles. The highest BCUT2D eigenvalue weighted by Gasteiger charge is 2.19. The highest BCUT2D eigenvalue weighted by Crippen LogP contribution is 2.01. The Bertz CT molecular complexity index is 98.7. The average molecular weight is 162 g/mol. The minimum atomic E-state index is -0.302. The third-order valence-electron chi connectivity index (χ3n) is 1.52. The predicted molar refractivity (Wildman–Crippen MR) is 45.2 cm³/mol. The molecule has 2 atom stereocenters. The SMILES string of the molecule is CC(O)C[N+](C)(C)CC(C)O. The van der Waals surface area contributed by atoms with Gasteiger partial charge in [0, 0.05) is 0 Å². The van der Waals surface area contributed by atoms with E-state index in [0.717, 1.165) is 0 Å². The van der Waals surface area contributed by atoms with Gasteiger partial charge in [0.15, 0.2) is 0 Å². The van der Waals surface area contributed by atoms with E-state index in [2.05, 4.69) is 0 Å². The average Bonchev–Trinajstić information content (AvgIpc) is 1.53. The molecule has 0 aliphatic rings. The Kier molecular flexibility index (Phi) is 4.00. The Morgan fingerprint density at radius 3 is 1.45 bits per heavy atom. The van der Waals surface area contributed by atoms with Gasteiger partial charge >= 0.3 is 0 Å². The van der Waals surface area contributed by atoms with Crippen molar-refractivity contribution in [3.63, 3.8) is 0 Å². The molecule has 3 heteroatoms. The summed E-state index contributed by atoms with van der Waals surface area (Å²) in [4.78, 5) is 0. The second-order valence-electron chi connectivity index (χ2n) is 4.00. The number of hydrogen-bond acceptors (Lipinski definition) is 2. The van der Waals surface area contributed by atoms with Crippen molar-refractivity contribution in [3.05, 3.63) is 0 Å². The molecule has 2 unspecified atom stereocenters. The summed E-state index contributed by atoms with van der Waals surface area (Å²) in [6.45, 7) is 4.90. The van der Waals surface area contributed by atoms with Gasteiger partial charge < -0.3 is 14.7 Å². The highest BCUT2D eigenvalue weighted by atomic mass is 16.3. The number of quaternary nitrogens is 1. The van der Waals surface area contributed by atoms with Crippen LogP contribution in [0.15, 0.2) is 0 Å². The molecule has 0 aliphatic carbocycles. The van der Waals surface area contributed by atoms with Gasteiger partial charge in [0.2, 0.25) is 0 Å². The summed E-state index contributed by atoms with van der Waals surface area (Å²) in [7, 11) is 4.00. The van der Waals surface area contributed by atoms with Gasteiger partial charge in [-0.2, -0.15) is 0 Å². The minimum Gasteiger partial charge on any atom is -0.388 e. The summed E-state index contributed by atoms with van der Waals surface area (Å²) in [5, 5.41) is 18.2. The van der Waals surface area contributed by atoms with Crippen molar-refractivity contribution in [2.45, 2.75) is 26.1 Å². The second-order valence-corrected chi connectivity index (χ2v) is 4.00. The van der Waals surface area contributed by atoms with Gasteiger partial charge in [-0.25, -0.2) is 0 Å². The molecule has 0 spiro atoms. The van der Waals surface area contributed by atoms with E-state index in [0.29, 0.717) is 17.6 Å². The lowest BCUT2D eigenvalue weighted by molar-refractivity contribution is -0.895. The van der Waals surface area contributed by atoms with E-state index in [4.69, 9.17) is 10.2 Å². The first-order chi connectivity index (χ1) is 4.83. The van der Waals surface area contributed by atoms with Gasteiger partial charge in [-0.05, 0) is 13.8 Å². The quantitative estimate of drug-likeness (QED) is 0.563. The molecular weight excluding hydrogens is 142 g/mol. The summed E-state index contributed by atoms with van der Waals surface area (Å²) in [6.07, 6.45) is -0.604. The van der Waals surface area contributed by atoms with Crippen molar-refractivity contribution >= 4 is 0 Å². The Labute approximate surface area is 68.9 Å². The number of aliphatic hydroxyl groups excluding tert-OH is 2. The smallest absolute Gasteiger partial charge is 0.104 e. The monoisotopic (exact) mass is 162 g/mol. The van der Waals surface area contributed by atoms with E-state index in [-0.39, 0.29) is 12.2 Å². The Morgan fingerprint density at radius 2 is 1.27 bits per heavy atom. The van der Waals surface area contributed by atoms with Crippen LogP contribution in [-0.2, 0) is 0 Å². The van der Waals surface area contributed by atoms with Gasteiger partial charge in [-0.15, -0.1) is 0 Å². The van der Waals surface area contributed by atoms with E-state index in [1.54, 1.807) is 13.8 Å². The third kappa shape index (κ3) is 6.28. The molecule has 0 aromatic carbocycles. The zero-order chi connectivity index (χ0) is 9.07. The number of rotatable bonds is 4. The molecule has 3 nitrogen and oxygen atoms in total. The summed E-state index contributed by atoms with van der Waals surface area (Å²) in [6, 6.07) is 0. The molecule has 0 fully saturated rings. The lowest BCUT2D eigenvalue weighted by Crippen LogP contribution is -2.48. The van der Waals surface area contributed by atoms with Crippen LogP contribution >= 0.6 is 0 Å². The van der Waals surface area contributed by atoms with Crippen molar-refractivity contribution in [2.24, 2.45) is 0 Å². The molecule has 0 saturated carbocycles. The zero-order valence-corrected chi connectivity index (χ0v) is 7.91. The van der Waals surface area contributed by atoms with Gasteiger partial charge in [-0.3, -0.25) is 0 Å². The number of aliphatic hydroxyl groups is 2. The standard InChI is InChI=1S/C8H20NO2/c1-7(10)5-9(3,4)6-8(2)11/h7-8,10-11H,5-6H2,1-4H3/q+1. The van der Waals surface area contributed by atoms with Crippen LogP contribution in [0.25, 0.3) is 0 Å². The van der Waals surface area contributed by atoms with Crippen LogP contribution in [0.4, 0.5) is 0 Å². The molecule has 0 bridgehead atoms. The van der Waals surface area contributed by atoms with E-state index < -0.39 is 0 Å². The van der Waals surface area contributed by atoms with Crippen LogP contribution < -0.4 is 0 Å². The number of likely N-dealkylation sites (N-methyl/N-ethyl adjacent to an activating group) is 1. The van der Waals surface area contributed by atoms with E-state index in [9.17, 15) is 0 Å². The van der Waals surface area contributed by atoms with Gasteiger partial charge in [0.1, 0.15) is 25.3 Å².